The Balaban J connectivity index is 2.25. The van der Waals surface area contributed by atoms with Crippen molar-refractivity contribution in [3.05, 3.63) is 64.7 Å². The van der Waals surface area contributed by atoms with Crippen molar-refractivity contribution in [1.82, 2.24) is 10.2 Å². The minimum Gasteiger partial charge on any atom is -0.497 e. The second-order valence-electron chi connectivity index (χ2n) is 7.21. The maximum atomic E-state index is 13.3. The van der Waals surface area contributed by atoms with E-state index in [-0.39, 0.29) is 18.2 Å². The number of nitrogens with zero attached hydrogens (tertiary/aromatic N) is 1. The molecular weight excluding hydrogens is 400 g/mol. The monoisotopic (exact) mass is 430 g/mol. The fraction of sp³-hybridized carbons (Fsp3) is 0.417. The minimum atomic E-state index is -0.543. The summed E-state index contributed by atoms with van der Waals surface area (Å²) in [5.41, 5.74) is 1.69. The van der Waals surface area contributed by atoms with Gasteiger partial charge in [-0.1, -0.05) is 62.2 Å². The van der Waals surface area contributed by atoms with Gasteiger partial charge in [-0.05, 0) is 42.2 Å². The molecule has 5 nitrogen and oxygen atoms in total. The molecule has 1 N–H and O–H groups in total. The Morgan fingerprint density at radius 2 is 1.80 bits per heavy atom. The Morgan fingerprint density at radius 1 is 1.10 bits per heavy atom. The maximum absolute atomic E-state index is 13.3. The molecule has 0 aliphatic heterocycles. The topological polar surface area (TPSA) is 58.6 Å². The Hall–Kier alpha value is -2.53. The highest BCUT2D eigenvalue weighted by molar-refractivity contribution is 6.31. The highest BCUT2D eigenvalue weighted by Gasteiger charge is 2.28. The van der Waals surface area contributed by atoms with Crippen molar-refractivity contribution in [2.75, 3.05) is 13.7 Å². The SMILES string of the molecule is CCCCNC(=O)C(CC)N(Cc1ccc(OC)cc1)C(=O)Cc1ccccc1Cl. The van der Waals surface area contributed by atoms with Crippen molar-refractivity contribution in [3.63, 3.8) is 0 Å². The number of rotatable bonds is 11. The summed E-state index contributed by atoms with van der Waals surface area (Å²) in [5.74, 6) is 0.500. The van der Waals surface area contributed by atoms with Gasteiger partial charge >= 0.3 is 0 Å². The summed E-state index contributed by atoms with van der Waals surface area (Å²) in [6.07, 6.45) is 2.59. The third kappa shape index (κ3) is 6.77. The molecule has 0 saturated carbocycles. The van der Waals surface area contributed by atoms with Crippen molar-refractivity contribution in [2.24, 2.45) is 0 Å². The third-order valence-electron chi connectivity index (χ3n) is 5.03. The lowest BCUT2D eigenvalue weighted by atomic mass is 10.1. The first-order valence-corrected chi connectivity index (χ1v) is 10.8. The smallest absolute Gasteiger partial charge is 0.242 e. The molecule has 1 atom stereocenters. The predicted octanol–water partition coefficient (Wildman–Crippen LogP) is 4.61. The first kappa shape index (κ1) is 23.7. The molecule has 0 saturated heterocycles. The van der Waals surface area contributed by atoms with Crippen LogP contribution in [-0.4, -0.2) is 36.4 Å². The molecule has 6 heteroatoms. The zero-order valence-corrected chi connectivity index (χ0v) is 18.7. The number of carbonyl (C=O) groups is 2. The minimum absolute atomic E-state index is 0.119. The molecule has 0 aromatic heterocycles. The largest absolute Gasteiger partial charge is 0.497 e. The molecule has 2 rings (SSSR count). The van der Waals surface area contributed by atoms with Crippen molar-refractivity contribution >= 4 is 23.4 Å². The van der Waals surface area contributed by atoms with E-state index in [9.17, 15) is 9.59 Å². The summed E-state index contributed by atoms with van der Waals surface area (Å²) < 4.78 is 5.22. The van der Waals surface area contributed by atoms with Gasteiger partial charge in [0.2, 0.25) is 11.8 Å². The van der Waals surface area contributed by atoms with Crippen LogP contribution >= 0.6 is 11.6 Å². The number of benzene rings is 2. The number of hydrogen-bond donors (Lipinski definition) is 1. The summed E-state index contributed by atoms with van der Waals surface area (Å²) in [6, 6.07) is 14.3. The van der Waals surface area contributed by atoms with E-state index >= 15 is 0 Å². The van der Waals surface area contributed by atoms with Crippen LogP contribution in [0, 0.1) is 0 Å². The van der Waals surface area contributed by atoms with Gasteiger partial charge in [0.15, 0.2) is 0 Å². The van der Waals surface area contributed by atoms with E-state index in [0.29, 0.717) is 24.5 Å². The number of nitrogens with one attached hydrogen (secondary N) is 1. The van der Waals surface area contributed by atoms with Crippen molar-refractivity contribution in [3.8, 4) is 5.75 Å². The molecule has 2 amide bonds. The van der Waals surface area contributed by atoms with E-state index in [1.807, 2.05) is 49.4 Å². The van der Waals surface area contributed by atoms with E-state index in [0.717, 1.165) is 29.7 Å². The van der Waals surface area contributed by atoms with Crippen LogP contribution in [0.2, 0.25) is 5.02 Å². The van der Waals surface area contributed by atoms with Crippen LogP contribution in [0.5, 0.6) is 5.75 Å². The molecule has 2 aromatic rings. The van der Waals surface area contributed by atoms with E-state index in [4.69, 9.17) is 16.3 Å². The second-order valence-corrected chi connectivity index (χ2v) is 7.61. The number of hydrogen-bond acceptors (Lipinski definition) is 3. The van der Waals surface area contributed by atoms with Gasteiger partial charge in [-0.15, -0.1) is 0 Å². The van der Waals surface area contributed by atoms with Crippen LogP contribution in [-0.2, 0) is 22.6 Å². The van der Waals surface area contributed by atoms with Gasteiger partial charge < -0.3 is 15.0 Å². The van der Waals surface area contributed by atoms with Crippen LogP contribution in [0.1, 0.15) is 44.2 Å². The quantitative estimate of drug-likeness (QED) is 0.529. The number of ether oxygens (including phenoxy) is 1. The molecule has 162 valence electrons. The van der Waals surface area contributed by atoms with E-state index in [1.165, 1.54) is 0 Å². The van der Waals surface area contributed by atoms with Crippen molar-refractivity contribution in [1.29, 1.82) is 0 Å². The Bertz CT molecular complexity index is 823. The maximum Gasteiger partial charge on any atom is 0.242 e. The molecule has 2 aromatic carbocycles. The van der Waals surface area contributed by atoms with Crippen LogP contribution in [0.4, 0.5) is 0 Å². The summed E-state index contributed by atoms with van der Waals surface area (Å²) in [5, 5.41) is 3.52. The molecular formula is C24H31ClN2O3. The summed E-state index contributed by atoms with van der Waals surface area (Å²) >= 11 is 6.26. The lowest BCUT2D eigenvalue weighted by molar-refractivity contribution is -0.140. The fourth-order valence-corrected chi connectivity index (χ4v) is 3.46. The standard InChI is InChI=1S/C24H31ClN2O3/c1-4-6-15-26-24(29)22(5-2)27(17-18-11-13-20(30-3)14-12-18)23(28)16-19-9-7-8-10-21(19)25/h7-14,22H,4-6,15-17H2,1-3H3,(H,26,29). The lowest BCUT2D eigenvalue weighted by Crippen LogP contribution is -2.49. The zero-order valence-electron chi connectivity index (χ0n) is 18.0. The second kappa shape index (κ2) is 12.2. The van der Waals surface area contributed by atoms with Crippen molar-refractivity contribution < 1.29 is 14.3 Å². The fourth-order valence-electron chi connectivity index (χ4n) is 3.26. The highest BCUT2D eigenvalue weighted by atomic mass is 35.5. The molecule has 0 aliphatic carbocycles. The number of unbranched alkanes of at least 4 members (excludes halogenated alkanes) is 1. The Labute approximate surface area is 184 Å². The molecule has 0 bridgehead atoms. The highest BCUT2D eigenvalue weighted by Crippen LogP contribution is 2.20. The summed E-state index contributed by atoms with van der Waals surface area (Å²) in [6.45, 7) is 4.95. The first-order valence-electron chi connectivity index (χ1n) is 10.4. The van der Waals surface area contributed by atoms with Gasteiger partial charge in [-0.3, -0.25) is 9.59 Å². The third-order valence-corrected chi connectivity index (χ3v) is 5.40. The van der Waals surface area contributed by atoms with E-state index < -0.39 is 6.04 Å². The first-order chi connectivity index (χ1) is 14.5. The van der Waals surface area contributed by atoms with Crippen LogP contribution in [0.3, 0.4) is 0 Å². The average molecular weight is 431 g/mol. The Morgan fingerprint density at radius 3 is 2.40 bits per heavy atom. The summed E-state index contributed by atoms with van der Waals surface area (Å²) in [7, 11) is 1.61. The van der Waals surface area contributed by atoms with Gasteiger partial charge in [0, 0.05) is 18.1 Å². The van der Waals surface area contributed by atoms with Gasteiger partial charge in [0.25, 0.3) is 0 Å². The summed E-state index contributed by atoms with van der Waals surface area (Å²) in [4.78, 5) is 27.8. The molecule has 0 aliphatic rings. The van der Waals surface area contributed by atoms with Gasteiger partial charge in [-0.2, -0.15) is 0 Å². The molecule has 1 unspecified atom stereocenters. The predicted molar refractivity (Wildman–Crippen MR) is 121 cm³/mol. The Kier molecular flexibility index (Phi) is 9.68. The number of carbonyl (C=O) groups excluding carboxylic acids is 2. The molecule has 0 spiro atoms. The number of amides is 2. The van der Waals surface area contributed by atoms with Crippen LogP contribution in [0.25, 0.3) is 0 Å². The van der Waals surface area contributed by atoms with Crippen LogP contribution < -0.4 is 10.1 Å². The van der Waals surface area contributed by atoms with Gasteiger partial charge in [0.1, 0.15) is 11.8 Å². The van der Waals surface area contributed by atoms with Gasteiger partial charge in [-0.25, -0.2) is 0 Å². The molecule has 0 fully saturated rings. The molecule has 30 heavy (non-hydrogen) atoms. The average Bonchev–Trinajstić information content (AvgIpc) is 2.75. The normalized spacial score (nSPS) is 11.6. The van der Waals surface area contributed by atoms with E-state index in [2.05, 4.69) is 12.2 Å². The number of methoxy groups -OCH3 is 1. The van der Waals surface area contributed by atoms with Gasteiger partial charge in [0.05, 0.1) is 13.5 Å². The van der Waals surface area contributed by atoms with Crippen LogP contribution in [0.15, 0.2) is 48.5 Å². The van der Waals surface area contributed by atoms with E-state index in [1.54, 1.807) is 18.1 Å². The molecule has 0 heterocycles. The van der Waals surface area contributed by atoms with Crippen molar-refractivity contribution in [2.45, 2.75) is 52.1 Å². The number of halogens is 1. The molecule has 0 radical (unpaired) electrons. The zero-order chi connectivity index (χ0) is 21.9. The lowest BCUT2D eigenvalue weighted by Gasteiger charge is -2.31.